The first kappa shape index (κ1) is 19.5. The van der Waals surface area contributed by atoms with Crippen LogP contribution >= 0.6 is 11.6 Å². The molecule has 2 N–H and O–H groups in total. The molecule has 0 atom stereocenters. The van der Waals surface area contributed by atoms with E-state index < -0.39 is 16.0 Å². The number of anilines is 1. The Kier molecular flexibility index (Phi) is 5.59. The Morgan fingerprint density at radius 1 is 1.15 bits per heavy atom. The van der Waals surface area contributed by atoms with Crippen LogP contribution in [0.5, 0.6) is 11.5 Å². The Hall–Kier alpha value is -2.29. The summed E-state index contributed by atoms with van der Waals surface area (Å²) < 4.78 is 35.1. The first-order chi connectivity index (χ1) is 12.8. The van der Waals surface area contributed by atoms with E-state index in [1.807, 2.05) is 4.90 Å². The van der Waals surface area contributed by atoms with Gasteiger partial charge in [0.15, 0.2) is 5.75 Å². The van der Waals surface area contributed by atoms with Crippen LogP contribution in [0.15, 0.2) is 41.3 Å². The predicted molar refractivity (Wildman–Crippen MR) is 102 cm³/mol. The zero-order valence-electron chi connectivity index (χ0n) is 14.6. The summed E-state index contributed by atoms with van der Waals surface area (Å²) in [7, 11) is -2.93. The fourth-order valence-electron chi connectivity index (χ4n) is 2.95. The largest absolute Gasteiger partial charge is 0.465 e. The van der Waals surface area contributed by atoms with Gasteiger partial charge in [-0.3, -0.25) is 0 Å². The summed E-state index contributed by atoms with van der Waals surface area (Å²) in [6.45, 7) is 1.43. The number of primary sulfonamides is 1. The zero-order chi connectivity index (χ0) is 19.6. The van der Waals surface area contributed by atoms with Crippen LogP contribution in [0.25, 0.3) is 0 Å². The van der Waals surface area contributed by atoms with E-state index in [2.05, 4.69) is 0 Å². The third-order valence-electron chi connectivity index (χ3n) is 4.24. The first-order valence-electron chi connectivity index (χ1n) is 8.27. The molecule has 0 aromatic heterocycles. The number of carbonyl (C=O) groups is 1. The highest BCUT2D eigenvalue weighted by Crippen LogP contribution is 2.40. The lowest BCUT2D eigenvalue weighted by atomic mass is 10.1. The molecule has 27 heavy (non-hydrogen) atoms. The third-order valence-corrected chi connectivity index (χ3v) is 5.41. The number of sulfonamides is 1. The quantitative estimate of drug-likeness (QED) is 0.760. The lowest BCUT2D eigenvalue weighted by Gasteiger charge is -2.23. The SMILES string of the molecule is COC(=O)c1cc(N2CCCC2)c(Oc2ccc(Cl)cc2)c(S(N)(=O)=O)c1. The van der Waals surface area contributed by atoms with Crippen molar-refractivity contribution in [2.75, 3.05) is 25.1 Å². The number of nitrogens with two attached hydrogens (primary N) is 1. The molecular formula is C18H19ClN2O5S. The third kappa shape index (κ3) is 4.35. The van der Waals surface area contributed by atoms with Gasteiger partial charge in [-0.1, -0.05) is 11.6 Å². The maximum Gasteiger partial charge on any atom is 0.337 e. The summed E-state index contributed by atoms with van der Waals surface area (Å²) in [5.74, 6) is -0.177. The van der Waals surface area contributed by atoms with Gasteiger partial charge in [0.25, 0.3) is 0 Å². The van der Waals surface area contributed by atoms with Crippen LogP contribution in [0.3, 0.4) is 0 Å². The second kappa shape index (κ2) is 7.75. The number of nitrogens with zero attached hydrogens (tertiary/aromatic N) is 1. The second-order valence-electron chi connectivity index (χ2n) is 6.11. The van der Waals surface area contributed by atoms with Crippen molar-refractivity contribution < 1.29 is 22.7 Å². The Morgan fingerprint density at radius 3 is 2.33 bits per heavy atom. The summed E-state index contributed by atoms with van der Waals surface area (Å²) in [5, 5.41) is 5.94. The van der Waals surface area contributed by atoms with Crippen LogP contribution in [0.1, 0.15) is 23.2 Å². The van der Waals surface area contributed by atoms with E-state index in [-0.39, 0.29) is 16.2 Å². The second-order valence-corrected chi connectivity index (χ2v) is 8.08. The fourth-order valence-corrected chi connectivity index (χ4v) is 3.77. The number of hydrogen-bond acceptors (Lipinski definition) is 6. The van der Waals surface area contributed by atoms with Crippen LogP contribution in [-0.4, -0.2) is 34.6 Å². The van der Waals surface area contributed by atoms with Crippen LogP contribution in [0.4, 0.5) is 5.69 Å². The predicted octanol–water partition coefficient (Wildman–Crippen LogP) is 3.17. The Labute approximate surface area is 162 Å². The summed E-state index contributed by atoms with van der Waals surface area (Å²) in [5.41, 5.74) is 0.571. The molecule has 1 fully saturated rings. The Morgan fingerprint density at radius 2 is 1.78 bits per heavy atom. The van der Waals surface area contributed by atoms with Gasteiger partial charge in [-0.25, -0.2) is 18.4 Å². The normalized spacial score (nSPS) is 14.3. The molecule has 0 saturated carbocycles. The maximum atomic E-state index is 12.2. The number of carbonyl (C=O) groups excluding carboxylic acids is 1. The van der Waals surface area contributed by atoms with E-state index in [9.17, 15) is 13.2 Å². The number of benzene rings is 2. The van der Waals surface area contributed by atoms with Crippen molar-refractivity contribution in [1.82, 2.24) is 0 Å². The van der Waals surface area contributed by atoms with E-state index in [4.69, 9.17) is 26.2 Å². The molecule has 1 aliphatic heterocycles. The average molecular weight is 411 g/mol. The van der Waals surface area contributed by atoms with Crippen molar-refractivity contribution in [3.63, 3.8) is 0 Å². The van der Waals surface area contributed by atoms with E-state index in [1.165, 1.54) is 13.2 Å². The molecule has 2 aromatic rings. The molecule has 0 bridgehead atoms. The average Bonchev–Trinajstić information content (AvgIpc) is 3.16. The molecule has 0 radical (unpaired) electrons. The molecular weight excluding hydrogens is 392 g/mol. The number of esters is 1. The van der Waals surface area contributed by atoms with Crippen molar-refractivity contribution >= 4 is 33.3 Å². The monoisotopic (exact) mass is 410 g/mol. The Bertz CT molecular complexity index is 954. The van der Waals surface area contributed by atoms with Crippen LogP contribution in [-0.2, 0) is 14.8 Å². The molecule has 3 rings (SSSR count). The van der Waals surface area contributed by atoms with Crippen LogP contribution < -0.4 is 14.8 Å². The van der Waals surface area contributed by atoms with E-state index >= 15 is 0 Å². The highest BCUT2D eigenvalue weighted by atomic mass is 35.5. The van der Waals surface area contributed by atoms with Crippen molar-refractivity contribution in [3.8, 4) is 11.5 Å². The summed E-state index contributed by atoms with van der Waals surface area (Å²) >= 11 is 5.89. The molecule has 0 spiro atoms. The van der Waals surface area contributed by atoms with Gasteiger partial charge in [-0.15, -0.1) is 0 Å². The summed E-state index contributed by atoms with van der Waals surface area (Å²) in [6, 6.07) is 9.25. The van der Waals surface area contributed by atoms with Crippen molar-refractivity contribution in [3.05, 3.63) is 47.0 Å². The van der Waals surface area contributed by atoms with Gasteiger partial charge < -0.3 is 14.4 Å². The van der Waals surface area contributed by atoms with Crippen molar-refractivity contribution in [2.45, 2.75) is 17.7 Å². The number of halogens is 1. The molecule has 2 aromatic carbocycles. The summed E-state index contributed by atoms with van der Waals surface area (Å²) in [4.78, 5) is 13.7. The van der Waals surface area contributed by atoms with Gasteiger partial charge >= 0.3 is 5.97 Å². The number of ether oxygens (including phenoxy) is 2. The van der Waals surface area contributed by atoms with E-state index in [0.717, 1.165) is 12.8 Å². The van der Waals surface area contributed by atoms with Crippen molar-refractivity contribution in [1.29, 1.82) is 0 Å². The number of rotatable bonds is 5. The number of methoxy groups -OCH3 is 1. The molecule has 1 aliphatic rings. The lowest BCUT2D eigenvalue weighted by Crippen LogP contribution is -2.22. The lowest BCUT2D eigenvalue weighted by molar-refractivity contribution is 0.0600. The van der Waals surface area contributed by atoms with Crippen molar-refractivity contribution in [2.24, 2.45) is 5.14 Å². The molecule has 0 unspecified atom stereocenters. The first-order valence-corrected chi connectivity index (χ1v) is 10.2. The molecule has 9 heteroatoms. The molecule has 1 saturated heterocycles. The van der Waals surface area contributed by atoms with Gasteiger partial charge in [-0.05, 0) is 49.2 Å². The van der Waals surface area contributed by atoms with E-state index in [1.54, 1.807) is 30.3 Å². The van der Waals surface area contributed by atoms with Gasteiger partial charge in [0, 0.05) is 18.1 Å². The standard InChI is InChI=1S/C18H19ClN2O5S/c1-25-18(22)12-10-15(21-8-2-3-9-21)17(16(11-12)27(20,23)24)26-14-6-4-13(19)5-7-14/h4-7,10-11H,2-3,8-9H2,1H3,(H2,20,23,24). The van der Waals surface area contributed by atoms with E-state index in [0.29, 0.717) is 29.5 Å². The highest BCUT2D eigenvalue weighted by Gasteiger charge is 2.27. The zero-order valence-corrected chi connectivity index (χ0v) is 16.2. The molecule has 0 aliphatic carbocycles. The Balaban J connectivity index is 2.20. The topological polar surface area (TPSA) is 98.9 Å². The smallest absolute Gasteiger partial charge is 0.337 e. The number of hydrogen-bond donors (Lipinski definition) is 1. The molecule has 144 valence electrons. The fraction of sp³-hybridized carbons (Fsp3) is 0.278. The van der Waals surface area contributed by atoms with Crippen LogP contribution in [0.2, 0.25) is 5.02 Å². The van der Waals surface area contributed by atoms with Crippen LogP contribution in [0, 0.1) is 0 Å². The molecule has 0 amide bonds. The minimum atomic E-state index is -4.16. The highest BCUT2D eigenvalue weighted by molar-refractivity contribution is 7.89. The maximum absolute atomic E-state index is 12.2. The molecule has 1 heterocycles. The van der Waals surface area contributed by atoms with Gasteiger partial charge in [-0.2, -0.15) is 0 Å². The molecule has 7 nitrogen and oxygen atoms in total. The van der Waals surface area contributed by atoms with Gasteiger partial charge in [0.2, 0.25) is 10.0 Å². The summed E-state index contributed by atoms with van der Waals surface area (Å²) in [6.07, 6.45) is 1.90. The minimum Gasteiger partial charge on any atom is -0.465 e. The van der Waals surface area contributed by atoms with Gasteiger partial charge in [0.05, 0.1) is 18.4 Å². The van der Waals surface area contributed by atoms with Gasteiger partial charge in [0.1, 0.15) is 10.6 Å². The minimum absolute atomic E-state index is 0.0781.